The van der Waals surface area contributed by atoms with Crippen molar-refractivity contribution < 1.29 is 4.74 Å². The summed E-state index contributed by atoms with van der Waals surface area (Å²) in [5, 5.41) is 17.4. The number of hydrogen-bond donors (Lipinski definition) is 0. The Balaban J connectivity index is 2.33. The highest BCUT2D eigenvalue weighted by Gasteiger charge is 2.26. The van der Waals surface area contributed by atoms with Gasteiger partial charge in [-0.15, -0.1) is 5.10 Å². The van der Waals surface area contributed by atoms with E-state index in [1.54, 1.807) is 0 Å². The van der Waals surface area contributed by atoms with Gasteiger partial charge in [0, 0.05) is 19.1 Å². The zero-order chi connectivity index (χ0) is 13.0. The molecule has 0 N–H and O–H groups in total. The van der Waals surface area contributed by atoms with Crippen LogP contribution in [0, 0.1) is 11.3 Å². The Morgan fingerprint density at radius 1 is 1.50 bits per heavy atom. The van der Waals surface area contributed by atoms with Gasteiger partial charge in [0.2, 0.25) is 0 Å². The minimum atomic E-state index is 0.336. The normalized spacial score (nSPS) is 18.5. The van der Waals surface area contributed by atoms with E-state index in [1.165, 1.54) is 0 Å². The van der Waals surface area contributed by atoms with Gasteiger partial charge in [0.1, 0.15) is 5.69 Å². The predicted octanol–water partition coefficient (Wildman–Crippen LogP) is 2.21. The van der Waals surface area contributed by atoms with Crippen LogP contribution in [-0.2, 0) is 11.2 Å². The summed E-state index contributed by atoms with van der Waals surface area (Å²) in [6.07, 6.45) is 3.37. The van der Waals surface area contributed by atoms with Gasteiger partial charge in [0.25, 0.3) is 0 Å². The third-order valence-corrected chi connectivity index (χ3v) is 3.67. The fourth-order valence-electron chi connectivity index (χ4n) is 2.43. The summed E-state index contributed by atoms with van der Waals surface area (Å²) in [6, 6.07) is 2.52. The maximum absolute atomic E-state index is 8.90. The molecule has 1 unspecified atom stereocenters. The van der Waals surface area contributed by atoms with Crippen LogP contribution in [0.25, 0.3) is 0 Å². The Kier molecular flexibility index (Phi) is 4.32. The quantitative estimate of drug-likeness (QED) is 0.819. The molecule has 1 fully saturated rings. The van der Waals surface area contributed by atoms with Gasteiger partial charge >= 0.3 is 0 Å². The first-order valence-corrected chi connectivity index (χ1v) is 6.66. The van der Waals surface area contributed by atoms with Gasteiger partial charge in [-0.05, 0) is 26.2 Å². The Hall–Kier alpha value is -1.41. The summed E-state index contributed by atoms with van der Waals surface area (Å²) in [7, 11) is 0. The molecule has 1 aromatic rings. The summed E-state index contributed by atoms with van der Waals surface area (Å²) < 4.78 is 7.43. The van der Waals surface area contributed by atoms with Gasteiger partial charge in [0.15, 0.2) is 0 Å². The second kappa shape index (κ2) is 5.96. The molecule has 0 aromatic carbocycles. The summed E-state index contributed by atoms with van der Waals surface area (Å²) in [5.74, 6) is 0.436. The highest BCUT2D eigenvalue weighted by atomic mass is 16.5. The van der Waals surface area contributed by atoms with Crippen molar-refractivity contribution in [3.05, 3.63) is 11.4 Å². The number of hydrogen-bond acceptors (Lipinski definition) is 4. The molecule has 1 aliphatic heterocycles. The SMILES string of the molecule is CCC(C)n1nnc(CC#N)c1C1CCOCC1. The summed E-state index contributed by atoms with van der Waals surface area (Å²) in [4.78, 5) is 0. The van der Waals surface area contributed by atoms with Crippen molar-refractivity contribution in [3.8, 4) is 6.07 Å². The van der Waals surface area contributed by atoms with Crippen molar-refractivity contribution in [2.75, 3.05) is 13.2 Å². The molecule has 0 amide bonds. The van der Waals surface area contributed by atoms with Crippen LogP contribution >= 0.6 is 0 Å². The molecule has 0 saturated carbocycles. The molecule has 1 saturated heterocycles. The first kappa shape index (κ1) is 13.0. The van der Waals surface area contributed by atoms with E-state index in [2.05, 4.69) is 30.2 Å². The maximum Gasteiger partial charge on any atom is 0.100 e. The molecule has 5 heteroatoms. The molecule has 1 atom stereocenters. The summed E-state index contributed by atoms with van der Waals surface area (Å²) in [6.45, 7) is 5.88. The maximum atomic E-state index is 8.90. The molecule has 98 valence electrons. The Morgan fingerprint density at radius 3 is 2.83 bits per heavy atom. The molecule has 18 heavy (non-hydrogen) atoms. The lowest BCUT2D eigenvalue weighted by Gasteiger charge is -2.24. The first-order chi connectivity index (χ1) is 8.77. The second-order valence-electron chi connectivity index (χ2n) is 4.84. The van der Waals surface area contributed by atoms with E-state index in [1.807, 2.05) is 4.68 Å². The molecular formula is C13H20N4O. The molecule has 5 nitrogen and oxygen atoms in total. The molecule has 0 aliphatic carbocycles. The summed E-state index contributed by atoms with van der Waals surface area (Å²) >= 11 is 0. The van der Waals surface area contributed by atoms with E-state index in [-0.39, 0.29) is 0 Å². The van der Waals surface area contributed by atoms with Crippen molar-refractivity contribution in [2.24, 2.45) is 0 Å². The first-order valence-electron chi connectivity index (χ1n) is 6.66. The third-order valence-electron chi connectivity index (χ3n) is 3.67. The molecule has 1 aromatic heterocycles. The minimum Gasteiger partial charge on any atom is -0.381 e. The van der Waals surface area contributed by atoms with E-state index < -0.39 is 0 Å². The Morgan fingerprint density at radius 2 is 2.22 bits per heavy atom. The number of ether oxygens (including phenoxy) is 1. The van der Waals surface area contributed by atoms with Crippen LogP contribution in [0.4, 0.5) is 0 Å². The van der Waals surface area contributed by atoms with Gasteiger partial charge in [-0.1, -0.05) is 12.1 Å². The van der Waals surface area contributed by atoms with Crippen LogP contribution in [0.3, 0.4) is 0 Å². The van der Waals surface area contributed by atoms with Crippen LogP contribution in [0.1, 0.15) is 56.5 Å². The molecule has 0 bridgehead atoms. The summed E-state index contributed by atoms with van der Waals surface area (Å²) in [5.41, 5.74) is 2.01. The van der Waals surface area contributed by atoms with Crippen LogP contribution in [-0.4, -0.2) is 28.2 Å². The smallest absolute Gasteiger partial charge is 0.100 e. The van der Waals surface area contributed by atoms with E-state index in [4.69, 9.17) is 10.00 Å². The monoisotopic (exact) mass is 248 g/mol. The topological polar surface area (TPSA) is 63.7 Å². The lowest BCUT2D eigenvalue weighted by Crippen LogP contribution is -2.20. The zero-order valence-corrected chi connectivity index (χ0v) is 11.1. The van der Waals surface area contributed by atoms with Gasteiger partial charge in [-0.3, -0.25) is 0 Å². The largest absolute Gasteiger partial charge is 0.381 e. The average Bonchev–Trinajstić information content (AvgIpc) is 2.83. The number of rotatable bonds is 4. The van der Waals surface area contributed by atoms with Crippen LogP contribution in [0.5, 0.6) is 0 Å². The fourth-order valence-corrected chi connectivity index (χ4v) is 2.43. The fraction of sp³-hybridized carbons (Fsp3) is 0.769. The number of nitriles is 1. The highest BCUT2D eigenvalue weighted by Crippen LogP contribution is 2.30. The van der Waals surface area contributed by atoms with Crippen molar-refractivity contribution in [1.29, 1.82) is 5.26 Å². The van der Waals surface area contributed by atoms with Crippen LogP contribution in [0.2, 0.25) is 0 Å². The molecule has 0 radical (unpaired) electrons. The number of nitrogens with zero attached hydrogens (tertiary/aromatic N) is 4. The van der Waals surface area contributed by atoms with Crippen LogP contribution in [0.15, 0.2) is 0 Å². The Labute approximate surface area is 108 Å². The van der Waals surface area contributed by atoms with Crippen LogP contribution < -0.4 is 0 Å². The predicted molar refractivity (Wildman–Crippen MR) is 67.1 cm³/mol. The van der Waals surface area contributed by atoms with Crippen molar-refractivity contribution >= 4 is 0 Å². The molecule has 0 spiro atoms. The van der Waals surface area contributed by atoms with Crippen molar-refractivity contribution in [3.63, 3.8) is 0 Å². The molecule has 1 aliphatic rings. The minimum absolute atomic E-state index is 0.336. The van der Waals surface area contributed by atoms with Gasteiger partial charge in [0.05, 0.1) is 24.2 Å². The number of aromatic nitrogens is 3. The lowest BCUT2D eigenvalue weighted by molar-refractivity contribution is 0.0829. The second-order valence-corrected chi connectivity index (χ2v) is 4.84. The zero-order valence-electron chi connectivity index (χ0n) is 11.1. The standard InChI is InChI=1S/C13H20N4O/c1-3-10(2)17-13(11-5-8-18-9-6-11)12(4-7-14)15-16-17/h10-11H,3-6,8-9H2,1-2H3. The average molecular weight is 248 g/mol. The van der Waals surface area contributed by atoms with E-state index in [0.29, 0.717) is 18.4 Å². The van der Waals surface area contributed by atoms with Gasteiger partial charge in [-0.2, -0.15) is 5.26 Å². The van der Waals surface area contributed by atoms with Gasteiger partial charge < -0.3 is 4.74 Å². The van der Waals surface area contributed by atoms with Crippen molar-refractivity contribution in [1.82, 2.24) is 15.0 Å². The molecule has 2 heterocycles. The van der Waals surface area contributed by atoms with Gasteiger partial charge in [-0.25, -0.2) is 4.68 Å². The van der Waals surface area contributed by atoms with E-state index >= 15 is 0 Å². The third kappa shape index (κ3) is 2.54. The van der Waals surface area contributed by atoms with Crippen molar-refractivity contribution in [2.45, 2.75) is 51.5 Å². The van der Waals surface area contributed by atoms with E-state index in [0.717, 1.165) is 43.9 Å². The highest BCUT2D eigenvalue weighted by molar-refractivity contribution is 5.20. The lowest BCUT2D eigenvalue weighted by atomic mass is 9.93. The molecular weight excluding hydrogens is 228 g/mol. The molecule has 2 rings (SSSR count). The van der Waals surface area contributed by atoms with E-state index in [9.17, 15) is 0 Å². The Bertz CT molecular complexity index is 429.